The summed E-state index contributed by atoms with van der Waals surface area (Å²) < 4.78 is 11.3. The fraction of sp³-hybridized carbons (Fsp3) is 0.545. The minimum atomic E-state index is -0.189. The Labute approximate surface area is 172 Å². The monoisotopic (exact) mass is 402 g/mol. The summed E-state index contributed by atoms with van der Waals surface area (Å²) >= 11 is 1.83. The van der Waals surface area contributed by atoms with Gasteiger partial charge in [-0.3, -0.25) is 0 Å². The van der Waals surface area contributed by atoms with E-state index in [2.05, 4.69) is 27.7 Å². The summed E-state index contributed by atoms with van der Waals surface area (Å²) in [5, 5.41) is 1.07. The molecule has 1 N–H and O–H groups in total. The molecule has 1 aromatic heterocycles. The molecular weight excluding hydrogens is 370 g/mol. The predicted octanol–water partition coefficient (Wildman–Crippen LogP) is 3.02. The van der Waals surface area contributed by atoms with Gasteiger partial charge in [0, 0.05) is 23.3 Å². The third kappa shape index (κ3) is 5.04. The zero-order valence-electron chi connectivity index (χ0n) is 17.7. The highest BCUT2D eigenvalue weighted by molar-refractivity contribution is 7.99. The Kier molecular flexibility index (Phi) is 6.96. The van der Waals surface area contributed by atoms with Gasteiger partial charge in [0.15, 0.2) is 5.82 Å². The van der Waals surface area contributed by atoms with Gasteiger partial charge in [0.1, 0.15) is 10.8 Å². The molecule has 5 nitrogen and oxygen atoms in total. The van der Waals surface area contributed by atoms with Gasteiger partial charge in [-0.15, -0.1) is 11.8 Å². The highest BCUT2D eigenvalue weighted by atomic mass is 32.2. The number of aromatic nitrogens is 2. The van der Waals surface area contributed by atoms with Gasteiger partial charge < -0.3 is 14.4 Å². The first-order chi connectivity index (χ1) is 13.5. The Balaban J connectivity index is 1.90. The lowest BCUT2D eigenvalue weighted by Crippen LogP contribution is -3.11. The van der Waals surface area contributed by atoms with Crippen molar-refractivity contribution in [1.82, 2.24) is 9.97 Å². The summed E-state index contributed by atoms with van der Waals surface area (Å²) in [6, 6.07) is 7.97. The number of rotatable bonds is 8. The van der Waals surface area contributed by atoms with Gasteiger partial charge in [-0.05, 0) is 52.0 Å². The Morgan fingerprint density at radius 3 is 2.50 bits per heavy atom. The Morgan fingerprint density at radius 1 is 1.14 bits per heavy atom. The number of fused-ring (bicyclic) bond motifs is 1. The number of thioether (sulfide) groups is 1. The van der Waals surface area contributed by atoms with Gasteiger partial charge in [0.2, 0.25) is 0 Å². The van der Waals surface area contributed by atoms with Crippen LogP contribution >= 0.6 is 11.8 Å². The fourth-order valence-electron chi connectivity index (χ4n) is 3.40. The number of hydrogen-bond acceptors (Lipinski definition) is 5. The molecule has 1 aliphatic heterocycles. The van der Waals surface area contributed by atoms with Gasteiger partial charge in [-0.1, -0.05) is 0 Å². The zero-order valence-corrected chi connectivity index (χ0v) is 18.5. The molecule has 0 saturated carbocycles. The van der Waals surface area contributed by atoms with Crippen molar-refractivity contribution in [2.75, 3.05) is 32.5 Å². The highest BCUT2D eigenvalue weighted by Gasteiger charge is 2.30. The van der Waals surface area contributed by atoms with Gasteiger partial charge in [0.05, 0.1) is 44.6 Å². The van der Waals surface area contributed by atoms with Crippen molar-refractivity contribution in [1.29, 1.82) is 0 Å². The van der Waals surface area contributed by atoms with Gasteiger partial charge in [-0.25, -0.2) is 9.97 Å². The first-order valence-corrected chi connectivity index (χ1v) is 11.1. The summed E-state index contributed by atoms with van der Waals surface area (Å²) in [5.41, 5.74) is 3.11. The van der Waals surface area contributed by atoms with Crippen molar-refractivity contribution in [2.45, 2.75) is 51.3 Å². The number of nitrogens with one attached hydrogen (secondary N) is 1. The van der Waals surface area contributed by atoms with Crippen LogP contribution in [0, 0.1) is 0 Å². The molecule has 0 radical (unpaired) electrons. The smallest absolute Gasteiger partial charge is 0.160 e. The van der Waals surface area contributed by atoms with Gasteiger partial charge in [-0.2, -0.15) is 0 Å². The summed E-state index contributed by atoms with van der Waals surface area (Å²) in [7, 11) is 1.68. The summed E-state index contributed by atoms with van der Waals surface area (Å²) in [6.45, 7) is 12.8. The van der Waals surface area contributed by atoms with E-state index in [9.17, 15) is 0 Å². The third-order valence-electron chi connectivity index (χ3n) is 5.30. The van der Waals surface area contributed by atoms with E-state index < -0.39 is 0 Å². The molecule has 6 heteroatoms. The average Bonchev–Trinajstić information content (AvgIpc) is 2.70. The molecule has 0 unspecified atom stereocenters. The number of nitrogens with zero attached hydrogens (tertiary/aromatic N) is 2. The Bertz CT molecular complexity index is 789. The molecule has 28 heavy (non-hydrogen) atoms. The van der Waals surface area contributed by atoms with E-state index in [1.54, 1.807) is 12.0 Å². The Morgan fingerprint density at radius 2 is 1.86 bits per heavy atom. The lowest BCUT2D eigenvalue weighted by Gasteiger charge is -2.32. The van der Waals surface area contributed by atoms with Crippen LogP contribution in [0.4, 0.5) is 0 Å². The van der Waals surface area contributed by atoms with E-state index in [0.29, 0.717) is 6.61 Å². The van der Waals surface area contributed by atoms with Crippen LogP contribution in [-0.4, -0.2) is 48.1 Å². The molecular formula is C22H32N3O2S+. The molecule has 152 valence electrons. The van der Waals surface area contributed by atoms with E-state index >= 15 is 0 Å². The molecule has 0 spiro atoms. The molecule has 0 amide bonds. The van der Waals surface area contributed by atoms with Crippen LogP contribution in [0.1, 0.15) is 39.0 Å². The van der Waals surface area contributed by atoms with Crippen molar-refractivity contribution in [3.63, 3.8) is 0 Å². The molecule has 0 aliphatic carbocycles. The zero-order chi connectivity index (χ0) is 20.1. The summed E-state index contributed by atoms with van der Waals surface area (Å²) in [6.07, 6.45) is 0.808. The molecule has 0 saturated heterocycles. The molecule has 2 heterocycles. The number of benzene rings is 1. The molecule has 2 aromatic rings. The van der Waals surface area contributed by atoms with Crippen molar-refractivity contribution < 1.29 is 14.4 Å². The summed E-state index contributed by atoms with van der Waals surface area (Å²) in [4.78, 5) is 11.5. The summed E-state index contributed by atoms with van der Waals surface area (Å²) in [5.74, 6) is 2.68. The first-order valence-electron chi connectivity index (χ1n) is 10.1. The minimum absolute atomic E-state index is 0.189. The van der Waals surface area contributed by atoms with Crippen LogP contribution in [0.3, 0.4) is 0 Å². The van der Waals surface area contributed by atoms with Crippen LogP contribution in [0.5, 0.6) is 5.75 Å². The van der Waals surface area contributed by atoms with Crippen LogP contribution in [0.2, 0.25) is 0 Å². The largest absolute Gasteiger partial charge is 0.497 e. The molecule has 0 bridgehead atoms. The molecule has 0 atom stereocenters. The van der Waals surface area contributed by atoms with E-state index in [0.717, 1.165) is 65.2 Å². The maximum Gasteiger partial charge on any atom is 0.160 e. The number of quaternary nitrogens is 1. The minimum Gasteiger partial charge on any atom is -0.497 e. The predicted molar refractivity (Wildman–Crippen MR) is 114 cm³/mol. The second kappa shape index (κ2) is 9.25. The Hall–Kier alpha value is -1.63. The molecule has 1 aliphatic rings. The maximum absolute atomic E-state index is 6.06. The van der Waals surface area contributed by atoms with Crippen molar-refractivity contribution >= 4 is 11.8 Å². The topological polar surface area (TPSA) is 48.7 Å². The van der Waals surface area contributed by atoms with Crippen LogP contribution < -0.4 is 9.64 Å². The number of hydrogen-bond donors (Lipinski definition) is 1. The average molecular weight is 403 g/mol. The lowest BCUT2D eigenvalue weighted by molar-refractivity contribution is -0.893. The molecule has 0 fully saturated rings. The van der Waals surface area contributed by atoms with Crippen LogP contribution in [0.15, 0.2) is 29.3 Å². The van der Waals surface area contributed by atoms with Crippen molar-refractivity contribution in [3.8, 4) is 17.1 Å². The van der Waals surface area contributed by atoms with E-state index in [4.69, 9.17) is 19.4 Å². The normalized spacial score (nSPS) is 15.5. The molecule has 1 aromatic carbocycles. The number of methoxy groups -OCH3 is 1. The standard InChI is InChI=1S/C22H31N3O2S/c1-6-25(7-2)12-13-28-21-18-15-27-22(3,4)14-19(18)23-20(24-21)16-8-10-17(26-5)11-9-16/h8-11H,6-7,12-15H2,1-5H3/p+1. The quantitative estimate of drug-likeness (QED) is 0.543. The second-order valence-corrected chi connectivity index (χ2v) is 8.87. The third-order valence-corrected chi connectivity index (χ3v) is 6.32. The van der Waals surface area contributed by atoms with E-state index in [-0.39, 0.29) is 5.60 Å². The number of ether oxygens (including phenoxy) is 2. The fourth-order valence-corrected chi connectivity index (χ4v) is 4.49. The second-order valence-electron chi connectivity index (χ2n) is 7.79. The van der Waals surface area contributed by atoms with Crippen molar-refractivity contribution in [3.05, 3.63) is 35.5 Å². The molecule has 3 rings (SSSR count). The van der Waals surface area contributed by atoms with E-state index in [1.165, 1.54) is 0 Å². The lowest BCUT2D eigenvalue weighted by atomic mass is 9.96. The maximum atomic E-state index is 6.06. The van der Waals surface area contributed by atoms with Crippen LogP contribution in [-0.2, 0) is 17.8 Å². The van der Waals surface area contributed by atoms with Gasteiger partial charge >= 0.3 is 0 Å². The highest BCUT2D eigenvalue weighted by Crippen LogP contribution is 2.34. The van der Waals surface area contributed by atoms with E-state index in [1.807, 2.05) is 36.0 Å². The SMILES string of the molecule is CC[NH+](CC)CCSc1nc(-c2ccc(OC)cc2)nc2c1COC(C)(C)C2. The first kappa shape index (κ1) is 21.1. The van der Waals surface area contributed by atoms with Crippen LogP contribution in [0.25, 0.3) is 11.4 Å². The van der Waals surface area contributed by atoms with Gasteiger partial charge in [0.25, 0.3) is 0 Å². The van der Waals surface area contributed by atoms with Crippen molar-refractivity contribution in [2.24, 2.45) is 0 Å².